The molecule has 2 aromatic rings. The van der Waals surface area contributed by atoms with Gasteiger partial charge in [0.2, 0.25) is 0 Å². The monoisotopic (exact) mass is 272 g/mol. The Morgan fingerprint density at radius 2 is 2.20 bits per heavy atom. The molecule has 1 unspecified atom stereocenters. The van der Waals surface area contributed by atoms with Crippen LogP contribution in [-0.2, 0) is 13.1 Å². The molecule has 1 atom stereocenters. The van der Waals surface area contributed by atoms with Crippen molar-refractivity contribution in [3.63, 3.8) is 0 Å². The Morgan fingerprint density at radius 1 is 1.35 bits per heavy atom. The summed E-state index contributed by atoms with van der Waals surface area (Å²) in [6, 6.07) is 2.80. The summed E-state index contributed by atoms with van der Waals surface area (Å²) in [6.45, 7) is 7.17. The van der Waals surface area contributed by atoms with Gasteiger partial charge in [-0.05, 0) is 43.9 Å². The summed E-state index contributed by atoms with van der Waals surface area (Å²) in [5.41, 5.74) is 2.69. The molecule has 0 amide bonds. The van der Waals surface area contributed by atoms with Crippen molar-refractivity contribution in [2.24, 2.45) is 5.92 Å². The van der Waals surface area contributed by atoms with Crippen molar-refractivity contribution in [1.29, 1.82) is 0 Å². The van der Waals surface area contributed by atoms with Crippen molar-refractivity contribution in [2.75, 3.05) is 6.54 Å². The lowest BCUT2D eigenvalue weighted by Crippen LogP contribution is -2.22. The number of aromatic nitrogens is 3. The third-order valence-electron chi connectivity index (χ3n) is 4.03. The van der Waals surface area contributed by atoms with E-state index in [0.29, 0.717) is 6.04 Å². The minimum absolute atomic E-state index is 0.541. The van der Waals surface area contributed by atoms with Crippen LogP contribution in [-0.4, -0.2) is 20.9 Å². The number of rotatable bonds is 7. The highest BCUT2D eigenvalue weighted by Gasteiger charge is 2.31. The lowest BCUT2D eigenvalue weighted by Gasteiger charge is -2.15. The zero-order valence-corrected chi connectivity index (χ0v) is 12.4. The number of aryl methyl sites for hydroxylation is 1. The molecule has 0 radical (unpaired) electrons. The summed E-state index contributed by atoms with van der Waals surface area (Å²) in [5, 5.41) is 7.95. The van der Waals surface area contributed by atoms with E-state index < -0.39 is 0 Å². The second kappa shape index (κ2) is 5.83. The fourth-order valence-corrected chi connectivity index (χ4v) is 2.82. The Bertz CT molecular complexity index is 550. The predicted molar refractivity (Wildman–Crippen MR) is 80.6 cm³/mol. The van der Waals surface area contributed by atoms with Crippen molar-refractivity contribution in [2.45, 2.75) is 45.8 Å². The van der Waals surface area contributed by atoms with Gasteiger partial charge < -0.3 is 9.88 Å². The Balaban J connectivity index is 1.69. The number of hydrogen-bond donors (Lipinski definition) is 1. The van der Waals surface area contributed by atoms with Crippen molar-refractivity contribution >= 4 is 0 Å². The van der Waals surface area contributed by atoms with Crippen LogP contribution in [0.5, 0.6) is 0 Å². The molecule has 1 saturated carbocycles. The summed E-state index contributed by atoms with van der Waals surface area (Å²) < 4.78 is 4.24. The van der Waals surface area contributed by atoms with Gasteiger partial charge in [-0.25, -0.2) is 0 Å². The average Bonchev–Trinajstić information content (AvgIpc) is 3.02. The van der Waals surface area contributed by atoms with E-state index in [1.165, 1.54) is 24.0 Å². The van der Waals surface area contributed by atoms with Gasteiger partial charge in [0.05, 0.1) is 12.7 Å². The molecule has 4 nitrogen and oxygen atoms in total. The standard InChI is InChI=1S/C16H24N4/c1-3-17-16(14-5-6-14)15-7-8-19(12-15)10-13-9-18-20(4-2)11-13/h7-9,11-12,14,16-17H,3-6,10H2,1-2H3. The van der Waals surface area contributed by atoms with Gasteiger partial charge in [0.25, 0.3) is 0 Å². The first-order valence-corrected chi connectivity index (χ1v) is 7.70. The highest BCUT2D eigenvalue weighted by molar-refractivity contribution is 5.19. The van der Waals surface area contributed by atoms with Crippen LogP contribution in [0.4, 0.5) is 0 Å². The van der Waals surface area contributed by atoms with Gasteiger partial charge in [-0.1, -0.05) is 6.92 Å². The van der Waals surface area contributed by atoms with Crippen molar-refractivity contribution in [3.05, 3.63) is 42.0 Å². The summed E-state index contributed by atoms with van der Waals surface area (Å²) in [4.78, 5) is 0. The van der Waals surface area contributed by atoms with Crippen LogP contribution in [0.25, 0.3) is 0 Å². The summed E-state index contributed by atoms with van der Waals surface area (Å²) >= 11 is 0. The number of nitrogens with zero attached hydrogens (tertiary/aromatic N) is 3. The van der Waals surface area contributed by atoms with Crippen LogP contribution in [0.1, 0.15) is 43.9 Å². The van der Waals surface area contributed by atoms with Crippen molar-refractivity contribution < 1.29 is 0 Å². The highest BCUT2D eigenvalue weighted by atomic mass is 15.3. The lowest BCUT2D eigenvalue weighted by molar-refractivity contribution is 0.495. The van der Waals surface area contributed by atoms with Crippen LogP contribution in [0.15, 0.2) is 30.9 Å². The number of hydrogen-bond acceptors (Lipinski definition) is 2. The predicted octanol–water partition coefficient (Wildman–Crippen LogP) is 2.81. The van der Waals surface area contributed by atoms with Crippen LogP contribution >= 0.6 is 0 Å². The molecule has 1 aliphatic rings. The topological polar surface area (TPSA) is 34.8 Å². The smallest absolute Gasteiger partial charge is 0.0539 e. The molecule has 0 aromatic carbocycles. The fourth-order valence-electron chi connectivity index (χ4n) is 2.82. The molecule has 1 fully saturated rings. The summed E-state index contributed by atoms with van der Waals surface area (Å²) in [5.74, 6) is 0.841. The van der Waals surface area contributed by atoms with E-state index in [1.807, 2.05) is 10.9 Å². The van der Waals surface area contributed by atoms with E-state index in [-0.39, 0.29) is 0 Å². The molecule has 0 bridgehead atoms. The first kappa shape index (κ1) is 13.4. The minimum Gasteiger partial charge on any atom is -0.349 e. The molecule has 0 saturated heterocycles. The van der Waals surface area contributed by atoms with Gasteiger partial charge >= 0.3 is 0 Å². The molecule has 108 valence electrons. The normalized spacial score (nSPS) is 16.5. The Morgan fingerprint density at radius 3 is 2.85 bits per heavy atom. The number of nitrogens with one attached hydrogen (secondary N) is 1. The molecule has 20 heavy (non-hydrogen) atoms. The van der Waals surface area contributed by atoms with Gasteiger partial charge in [0, 0.05) is 36.7 Å². The molecule has 3 rings (SSSR count). The van der Waals surface area contributed by atoms with Gasteiger partial charge in [-0.2, -0.15) is 5.10 Å². The van der Waals surface area contributed by atoms with Crippen LogP contribution in [0.3, 0.4) is 0 Å². The van der Waals surface area contributed by atoms with Crippen LogP contribution in [0.2, 0.25) is 0 Å². The second-order valence-electron chi connectivity index (χ2n) is 5.69. The van der Waals surface area contributed by atoms with Crippen molar-refractivity contribution in [1.82, 2.24) is 19.7 Å². The Hall–Kier alpha value is -1.55. The van der Waals surface area contributed by atoms with E-state index in [2.05, 4.69) is 53.5 Å². The maximum absolute atomic E-state index is 4.33. The van der Waals surface area contributed by atoms with Gasteiger partial charge in [-0.3, -0.25) is 4.68 Å². The first-order valence-electron chi connectivity index (χ1n) is 7.70. The molecule has 2 aromatic heterocycles. The molecule has 4 heteroatoms. The lowest BCUT2D eigenvalue weighted by atomic mass is 10.1. The summed E-state index contributed by atoms with van der Waals surface area (Å²) in [7, 11) is 0. The van der Waals surface area contributed by atoms with Gasteiger partial charge in [0.15, 0.2) is 0 Å². The van der Waals surface area contributed by atoms with Crippen molar-refractivity contribution in [3.8, 4) is 0 Å². The molecule has 1 aliphatic carbocycles. The molecule has 0 aliphatic heterocycles. The zero-order valence-electron chi connectivity index (χ0n) is 12.4. The van der Waals surface area contributed by atoms with Crippen LogP contribution in [0, 0.1) is 5.92 Å². The first-order chi connectivity index (χ1) is 9.80. The maximum atomic E-state index is 4.33. The minimum atomic E-state index is 0.541. The van der Waals surface area contributed by atoms with E-state index in [9.17, 15) is 0 Å². The fraction of sp³-hybridized carbons (Fsp3) is 0.562. The summed E-state index contributed by atoms with van der Waals surface area (Å²) in [6.07, 6.45) is 11.3. The molecule has 1 N–H and O–H groups in total. The van der Waals surface area contributed by atoms with E-state index in [4.69, 9.17) is 0 Å². The van der Waals surface area contributed by atoms with E-state index in [1.54, 1.807) is 0 Å². The average molecular weight is 272 g/mol. The second-order valence-corrected chi connectivity index (χ2v) is 5.69. The quantitative estimate of drug-likeness (QED) is 0.841. The largest absolute Gasteiger partial charge is 0.349 e. The highest BCUT2D eigenvalue weighted by Crippen LogP contribution is 2.41. The van der Waals surface area contributed by atoms with E-state index >= 15 is 0 Å². The third-order valence-corrected chi connectivity index (χ3v) is 4.03. The Labute approximate surface area is 120 Å². The van der Waals surface area contributed by atoms with Crippen LogP contribution < -0.4 is 5.32 Å². The molecule has 2 heterocycles. The molecular weight excluding hydrogens is 248 g/mol. The Kier molecular flexibility index (Phi) is 3.92. The third kappa shape index (κ3) is 2.96. The van der Waals surface area contributed by atoms with E-state index in [0.717, 1.165) is 25.6 Å². The molecular formula is C16H24N4. The van der Waals surface area contributed by atoms with Gasteiger partial charge in [-0.15, -0.1) is 0 Å². The SMILES string of the molecule is CCNC(c1ccn(Cc2cnn(CC)c2)c1)C1CC1. The maximum Gasteiger partial charge on any atom is 0.0539 e. The van der Waals surface area contributed by atoms with Gasteiger partial charge in [0.1, 0.15) is 0 Å². The molecule has 0 spiro atoms. The zero-order chi connectivity index (χ0) is 13.9.